The molecule has 4 fully saturated rings. The van der Waals surface area contributed by atoms with Crippen LogP contribution in [0.3, 0.4) is 0 Å². The minimum Gasteiger partial charge on any atom is -0.449 e. The maximum Gasteiger partial charge on any atom is 0.407 e. The Bertz CT molecular complexity index is 2580. The van der Waals surface area contributed by atoms with E-state index in [-0.39, 0.29) is 55.9 Å². The number of carbonyl (C=O) groups is 4. The van der Waals surface area contributed by atoms with Gasteiger partial charge >= 0.3 is 6.09 Å². The number of fused-ring (bicyclic) bond motifs is 10. The van der Waals surface area contributed by atoms with E-state index in [4.69, 9.17) is 18.9 Å². The average molecular weight is 893 g/mol. The highest BCUT2D eigenvalue weighted by Gasteiger charge is 2.76. The van der Waals surface area contributed by atoms with Gasteiger partial charge in [-0.05, 0) is 95.0 Å². The molecular weight excluding hydrogens is 837 g/mol. The van der Waals surface area contributed by atoms with Gasteiger partial charge < -0.3 is 39.8 Å². The molecule has 12 nitrogen and oxygen atoms in total. The highest BCUT2D eigenvalue weighted by atomic mass is 16.7. The van der Waals surface area contributed by atoms with E-state index in [0.29, 0.717) is 19.3 Å². The molecular formula is C54H56N2O10. The van der Waals surface area contributed by atoms with Gasteiger partial charge in [0.2, 0.25) is 5.91 Å². The van der Waals surface area contributed by atoms with Gasteiger partial charge in [0.15, 0.2) is 23.5 Å². The van der Waals surface area contributed by atoms with Gasteiger partial charge in [0, 0.05) is 28.2 Å². The second-order valence-corrected chi connectivity index (χ2v) is 19.3. The first kappa shape index (κ1) is 44.1. The van der Waals surface area contributed by atoms with E-state index in [0.717, 1.165) is 62.9 Å². The molecule has 0 bridgehead atoms. The molecule has 0 spiro atoms. The summed E-state index contributed by atoms with van der Waals surface area (Å²) in [4.78, 5) is 51.3. The minimum absolute atomic E-state index is 0.0154. The maximum atomic E-state index is 14.0. The van der Waals surface area contributed by atoms with E-state index in [1.807, 2.05) is 79.7 Å². The predicted octanol–water partition coefficient (Wildman–Crippen LogP) is 7.01. The third-order valence-corrected chi connectivity index (χ3v) is 15.8. The Balaban J connectivity index is 0.702. The quantitative estimate of drug-likeness (QED) is 0.0810. The van der Waals surface area contributed by atoms with Crippen LogP contribution in [0.5, 0.6) is 0 Å². The molecule has 342 valence electrons. The molecule has 10 rings (SSSR count). The lowest BCUT2D eigenvalue weighted by atomic mass is 9.46. The van der Waals surface area contributed by atoms with Crippen LogP contribution in [0.15, 0.2) is 121 Å². The third-order valence-electron chi connectivity index (χ3n) is 15.8. The summed E-state index contributed by atoms with van der Waals surface area (Å²) in [5.41, 5.74) is 6.76. The number of nitrogens with one attached hydrogen (secondary N) is 2. The number of hydrogen-bond donors (Lipinski definition) is 4. The normalized spacial score (nSPS) is 30.2. The van der Waals surface area contributed by atoms with Gasteiger partial charge in [0.05, 0.1) is 18.8 Å². The second kappa shape index (κ2) is 17.5. The van der Waals surface area contributed by atoms with E-state index in [1.165, 1.54) is 0 Å². The van der Waals surface area contributed by atoms with Gasteiger partial charge in [0.25, 0.3) is 0 Å². The third kappa shape index (κ3) is 7.53. The van der Waals surface area contributed by atoms with E-state index in [2.05, 4.69) is 47.9 Å². The Kier molecular flexibility index (Phi) is 11.7. The van der Waals surface area contributed by atoms with Crippen molar-refractivity contribution in [1.29, 1.82) is 0 Å². The van der Waals surface area contributed by atoms with Gasteiger partial charge in [-0.3, -0.25) is 14.4 Å². The van der Waals surface area contributed by atoms with Crippen molar-refractivity contribution in [2.45, 2.75) is 82.6 Å². The Morgan fingerprint density at radius 2 is 1.61 bits per heavy atom. The number of carbonyl (C=O) groups excluding carboxylic acids is 4. The second-order valence-electron chi connectivity index (χ2n) is 19.3. The number of Topliss-reactive ketones (excluding diaryl/α,β-unsaturated/α-hetero) is 1. The molecule has 4 N–H and O–H groups in total. The van der Waals surface area contributed by atoms with Crippen molar-refractivity contribution < 1.29 is 48.3 Å². The Hall–Kier alpha value is -5.76. The van der Waals surface area contributed by atoms with Crippen molar-refractivity contribution >= 4 is 23.6 Å². The summed E-state index contributed by atoms with van der Waals surface area (Å²) in [7, 11) is 0. The molecule has 66 heavy (non-hydrogen) atoms. The molecule has 1 heterocycles. The van der Waals surface area contributed by atoms with Crippen LogP contribution in [0.4, 0.5) is 4.79 Å². The molecule has 0 radical (unpaired) electrons. The van der Waals surface area contributed by atoms with Crippen molar-refractivity contribution in [2.24, 2.45) is 28.6 Å². The highest BCUT2D eigenvalue weighted by molar-refractivity contribution is 6.01. The fourth-order valence-corrected chi connectivity index (χ4v) is 12.9. The molecule has 9 atom stereocenters. The number of rotatable bonds is 13. The first-order valence-electron chi connectivity index (χ1n) is 23.1. The molecule has 1 unspecified atom stereocenters. The summed E-state index contributed by atoms with van der Waals surface area (Å²) in [6.07, 6.45) is 5.62. The van der Waals surface area contributed by atoms with E-state index >= 15 is 0 Å². The van der Waals surface area contributed by atoms with Crippen molar-refractivity contribution in [1.82, 2.24) is 10.6 Å². The summed E-state index contributed by atoms with van der Waals surface area (Å²) < 4.78 is 24.7. The van der Waals surface area contributed by atoms with Crippen molar-refractivity contribution in [3.63, 3.8) is 0 Å². The van der Waals surface area contributed by atoms with Crippen LogP contribution in [0.1, 0.15) is 85.1 Å². The van der Waals surface area contributed by atoms with Gasteiger partial charge in [-0.15, -0.1) is 0 Å². The van der Waals surface area contributed by atoms with Crippen LogP contribution >= 0.6 is 0 Å². The Labute approximate surface area is 384 Å². The van der Waals surface area contributed by atoms with Crippen LogP contribution in [-0.2, 0) is 46.4 Å². The number of amides is 2. The number of hydrogen-bond acceptors (Lipinski definition) is 10. The fourth-order valence-electron chi connectivity index (χ4n) is 12.9. The van der Waals surface area contributed by atoms with E-state index in [1.54, 1.807) is 12.2 Å². The summed E-state index contributed by atoms with van der Waals surface area (Å²) in [6.45, 7) is 3.63. The zero-order valence-electron chi connectivity index (χ0n) is 37.2. The lowest BCUT2D eigenvalue weighted by Gasteiger charge is -2.59. The topological polar surface area (TPSA) is 170 Å². The highest BCUT2D eigenvalue weighted by Crippen LogP contribution is 2.70. The first-order chi connectivity index (χ1) is 31.9. The van der Waals surface area contributed by atoms with Crippen LogP contribution < -0.4 is 10.6 Å². The number of allylic oxidation sites excluding steroid dienone is 4. The van der Waals surface area contributed by atoms with Crippen molar-refractivity contribution in [2.75, 3.05) is 26.5 Å². The predicted molar refractivity (Wildman–Crippen MR) is 243 cm³/mol. The molecule has 2 amide bonds. The standard InChI is InChI=1S/C54H56N2O10/c1-52-21-20-37(58)24-36(52)18-19-42-44-25-47-54(46(60)28-57,53(44,2)26-45(59)49(42)52)66-50(65-47)35-16-14-32(15-17-35)22-33-8-7-9-34(23-33)29-63-31-56-48(61)27-55-51(62)64-30-43-40-12-5-3-10-38(40)39-11-4-6-13-41(39)43/h3-17,20-21,23-24,42-45,47,49-50,57,59H,18-19,22,25-31H2,1-2H3,(H,55,62)(H,56,61)/t42-,44-,45-,47?,49+,50+,52-,53-,54+/m0/s1. The summed E-state index contributed by atoms with van der Waals surface area (Å²) in [5, 5.41) is 27.5. The lowest BCUT2D eigenvalue weighted by Crippen LogP contribution is -2.63. The van der Waals surface area contributed by atoms with Gasteiger partial charge in [0.1, 0.15) is 26.5 Å². The summed E-state index contributed by atoms with van der Waals surface area (Å²) in [5.74, 6) is -0.908. The Morgan fingerprint density at radius 3 is 2.35 bits per heavy atom. The van der Waals surface area contributed by atoms with E-state index < -0.39 is 59.3 Å². The van der Waals surface area contributed by atoms with Gasteiger partial charge in [-0.25, -0.2) is 4.79 Å². The van der Waals surface area contributed by atoms with Crippen LogP contribution in [0.2, 0.25) is 0 Å². The van der Waals surface area contributed by atoms with Gasteiger partial charge in [-0.1, -0.05) is 123 Å². The number of alkyl carbamates (subject to hydrolysis) is 1. The molecule has 1 saturated heterocycles. The lowest BCUT2D eigenvalue weighted by molar-refractivity contribution is -0.201. The number of aliphatic hydroxyl groups is 2. The van der Waals surface area contributed by atoms with Crippen molar-refractivity contribution in [3.8, 4) is 11.1 Å². The maximum absolute atomic E-state index is 14.0. The zero-order chi connectivity index (χ0) is 45.8. The SMILES string of the molecule is C[C@]12C=CC(=O)C=C1CC[C@@H]1[C@@H]2[C@@H](O)C[C@@]2(C)[C@H]1CC1O[C@@H](c3ccc(Cc4cccc(COCNC(=O)CNC(=O)OCC5c6ccccc6-c6ccccc65)c4)cc3)O[C@]12C(=O)CO. The largest absolute Gasteiger partial charge is 0.449 e. The van der Waals surface area contributed by atoms with Crippen LogP contribution in [0, 0.1) is 28.6 Å². The summed E-state index contributed by atoms with van der Waals surface area (Å²) >= 11 is 0. The Morgan fingerprint density at radius 1 is 0.879 bits per heavy atom. The number of benzene rings is 4. The molecule has 4 aromatic rings. The smallest absolute Gasteiger partial charge is 0.407 e. The molecule has 12 heteroatoms. The van der Waals surface area contributed by atoms with Crippen LogP contribution in [-0.4, -0.2) is 78.1 Å². The zero-order valence-corrected chi connectivity index (χ0v) is 37.2. The fraction of sp³-hybridized carbons (Fsp3) is 0.407. The van der Waals surface area contributed by atoms with E-state index in [9.17, 15) is 29.4 Å². The molecule has 4 aromatic carbocycles. The molecule has 0 aromatic heterocycles. The van der Waals surface area contributed by atoms with Gasteiger partial charge in [-0.2, -0.15) is 0 Å². The minimum atomic E-state index is -1.41. The summed E-state index contributed by atoms with van der Waals surface area (Å²) in [6, 6.07) is 32.2. The number of aliphatic hydroxyl groups excluding tert-OH is 2. The first-order valence-corrected chi connectivity index (χ1v) is 23.1. The molecule has 3 saturated carbocycles. The molecule has 5 aliphatic carbocycles. The molecule has 1 aliphatic heterocycles. The number of ether oxygens (including phenoxy) is 4. The monoisotopic (exact) mass is 892 g/mol. The number of ketones is 2. The molecule has 6 aliphatic rings. The van der Waals surface area contributed by atoms with Crippen molar-refractivity contribution in [3.05, 3.63) is 154 Å². The average Bonchev–Trinajstić information content (AvgIpc) is 3.95. The van der Waals surface area contributed by atoms with Crippen LogP contribution in [0.25, 0.3) is 11.1 Å².